The molecule has 2 N–H and O–H groups in total. The Balaban J connectivity index is 1.85. The van der Waals surface area contributed by atoms with E-state index in [0.29, 0.717) is 26.2 Å². The van der Waals surface area contributed by atoms with E-state index in [1.165, 1.54) is 6.08 Å². The first-order valence-electron chi connectivity index (χ1n) is 8.09. The number of carbonyl (C=O) groups excluding carboxylic acids is 2. The number of pyridine rings is 1. The number of alkyl halides is 3. The molecular weight excluding hydrogens is 387 g/mol. The van der Waals surface area contributed by atoms with Gasteiger partial charge in [-0.25, -0.2) is 9.78 Å². The number of nitrogens with one attached hydrogen (secondary N) is 2. The van der Waals surface area contributed by atoms with E-state index in [9.17, 15) is 22.8 Å². The summed E-state index contributed by atoms with van der Waals surface area (Å²) in [6.07, 6.45) is -2.26. The molecule has 0 aromatic carbocycles. The first kappa shape index (κ1) is 21.0. The molecule has 0 bridgehead atoms. The van der Waals surface area contributed by atoms with Crippen LogP contribution in [-0.4, -0.2) is 61.1 Å². The summed E-state index contributed by atoms with van der Waals surface area (Å²) in [4.78, 5) is 30.7. The minimum atomic E-state index is -4.50. The van der Waals surface area contributed by atoms with Crippen LogP contribution < -0.4 is 15.5 Å². The molecule has 7 nitrogen and oxygen atoms in total. The van der Waals surface area contributed by atoms with Crippen molar-refractivity contribution in [2.75, 3.05) is 44.2 Å². The van der Waals surface area contributed by atoms with Crippen LogP contribution in [0.15, 0.2) is 24.9 Å². The fourth-order valence-electron chi connectivity index (χ4n) is 2.51. The van der Waals surface area contributed by atoms with Crippen molar-refractivity contribution < 1.29 is 22.8 Å². The van der Waals surface area contributed by atoms with Crippen molar-refractivity contribution in [2.45, 2.75) is 6.18 Å². The number of nitrogens with zero attached hydrogens (tertiary/aromatic N) is 3. The molecule has 11 heteroatoms. The number of carbonyl (C=O) groups is 2. The largest absolute Gasteiger partial charge is 0.417 e. The second-order valence-corrected chi connectivity index (χ2v) is 6.24. The highest BCUT2D eigenvalue weighted by molar-refractivity contribution is 6.33. The summed E-state index contributed by atoms with van der Waals surface area (Å²) >= 11 is 5.96. The topological polar surface area (TPSA) is 77.6 Å². The molecule has 0 atom stereocenters. The second-order valence-electron chi connectivity index (χ2n) is 5.84. The van der Waals surface area contributed by atoms with Crippen molar-refractivity contribution in [3.63, 3.8) is 0 Å². The van der Waals surface area contributed by atoms with Gasteiger partial charge in [-0.1, -0.05) is 17.7 Å². The number of imide groups is 1. The first-order valence-corrected chi connectivity index (χ1v) is 8.47. The van der Waals surface area contributed by atoms with Crippen LogP contribution in [0.25, 0.3) is 0 Å². The summed E-state index contributed by atoms with van der Waals surface area (Å²) in [5.74, 6) is -0.173. The third kappa shape index (κ3) is 6.10. The van der Waals surface area contributed by atoms with Crippen molar-refractivity contribution in [1.29, 1.82) is 0 Å². The highest BCUT2D eigenvalue weighted by Crippen LogP contribution is 2.33. The monoisotopic (exact) mass is 405 g/mol. The number of piperazine rings is 1. The predicted octanol–water partition coefficient (Wildman–Crippen LogP) is 1.89. The van der Waals surface area contributed by atoms with Crippen LogP contribution in [0.2, 0.25) is 5.02 Å². The molecule has 1 fully saturated rings. The average molecular weight is 406 g/mol. The van der Waals surface area contributed by atoms with E-state index < -0.39 is 23.7 Å². The normalized spacial score (nSPS) is 15.3. The summed E-state index contributed by atoms with van der Waals surface area (Å²) in [5, 5.41) is 4.56. The minimum Gasteiger partial charge on any atom is -0.353 e. The van der Waals surface area contributed by atoms with Gasteiger partial charge in [-0.3, -0.25) is 15.0 Å². The fraction of sp³-hybridized carbons (Fsp3) is 0.438. The quantitative estimate of drug-likeness (QED) is 0.731. The molecule has 0 radical (unpaired) electrons. The summed E-state index contributed by atoms with van der Waals surface area (Å²) in [5.41, 5.74) is -0.902. The van der Waals surface area contributed by atoms with Crippen LogP contribution in [0.3, 0.4) is 0 Å². The molecule has 0 saturated carbocycles. The van der Waals surface area contributed by atoms with Gasteiger partial charge < -0.3 is 10.2 Å². The number of rotatable bonds is 5. The van der Waals surface area contributed by atoms with Crippen LogP contribution in [0.5, 0.6) is 0 Å². The molecule has 0 aliphatic carbocycles. The number of hydrogen-bond donors (Lipinski definition) is 2. The maximum atomic E-state index is 12.7. The van der Waals surface area contributed by atoms with E-state index in [0.717, 1.165) is 12.3 Å². The van der Waals surface area contributed by atoms with Crippen molar-refractivity contribution in [3.05, 3.63) is 35.5 Å². The Morgan fingerprint density at radius 1 is 1.30 bits per heavy atom. The zero-order chi connectivity index (χ0) is 20.0. The van der Waals surface area contributed by atoms with Crippen molar-refractivity contribution >= 4 is 29.4 Å². The molecule has 1 aliphatic heterocycles. The summed E-state index contributed by atoms with van der Waals surface area (Å²) < 4.78 is 38.1. The lowest BCUT2D eigenvalue weighted by atomic mass is 10.2. The van der Waals surface area contributed by atoms with Crippen LogP contribution in [-0.2, 0) is 11.0 Å². The zero-order valence-electron chi connectivity index (χ0n) is 14.4. The number of urea groups is 1. The van der Waals surface area contributed by atoms with E-state index in [1.54, 1.807) is 4.90 Å². The lowest BCUT2D eigenvalue weighted by molar-refractivity contribution is -0.137. The highest BCUT2D eigenvalue weighted by atomic mass is 35.5. The third-order valence-electron chi connectivity index (χ3n) is 3.85. The van der Waals surface area contributed by atoms with E-state index in [4.69, 9.17) is 11.6 Å². The first-order chi connectivity index (χ1) is 12.7. The van der Waals surface area contributed by atoms with Gasteiger partial charge in [0.1, 0.15) is 5.82 Å². The molecule has 3 amide bonds. The summed E-state index contributed by atoms with van der Waals surface area (Å²) in [6, 6.07) is 0.255. The molecule has 2 heterocycles. The van der Waals surface area contributed by atoms with E-state index >= 15 is 0 Å². The molecule has 2 rings (SSSR count). The van der Waals surface area contributed by atoms with E-state index in [2.05, 4.69) is 22.2 Å². The predicted molar refractivity (Wildman–Crippen MR) is 94.6 cm³/mol. The summed E-state index contributed by atoms with van der Waals surface area (Å²) in [7, 11) is 0. The number of aromatic nitrogens is 1. The maximum absolute atomic E-state index is 12.7. The molecule has 1 aliphatic rings. The van der Waals surface area contributed by atoms with Gasteiger partial charge in [0.05, 0.1) is 17.1 Å². The van der Waals surface area contributed by atoms with Gasteiger partial charge in [-0.15, -0.1) is 6.58 Å². The summed E-state index contributed by atoms with van der Waals surface area (Å²) in [6.45, 7) is 5.55. The Morgan fingerprint density at radius 3 is 2.52 bits per heavy atom. The Labute approximate surface area is 159 Å². The minimum absolute atomic E-state index is 0.0313. The third-order valence-corrected chi connectivity index (χ3v) is 4.13. The van der Waals surface area contributed by atoms with Gasteiger partial charge in [0.15, 0.2) is 0 Å². The van der Waals surface area contributed by atoms with Crippen molar-refractivity contribution in [1.82, 2.24) is 20.5 Å². The molecule has 1 saturated heterocycles. The van der Waals surface area contributed by atoms with Crippen LogP contribution in [0, 0.1) is 0 Å². The smallest absolute Gasteiger partial charge is 0.353 e. The fourth-order valence-corrected chi connectivity index (χ4v) is 2.80. The van der Waals surface area contributed by atoms with Gasteiger partial charge in [0.25, 0.3) is 0 Å². The Kier molecular flexibility index (Phi) is 7.03. The van der Waals surface area contributed by atoms with Gasteiger partial charge in [0, 0.05) is 38.9 Å². The Morgan fingerprint density at radius 2 is 1.96 bits per heavy atom. The van der Waals surface area contributed by atoms with E-state index in [-0.39, 0.29) is 23.9 Å². The van der Waals surface area contributed by atoms with Gasteiger partial charge in [-0.2, -0.15) is 13.2 Å². The molecule has 1 aromatic rings. The lowest BCUT2D eigenvalue weighted by Gasteiger charge is -2.35. The maximum Gasteiger partial charge on any atom is 0.417 e. The number of halogens is 4. The number of anilines is 1. The van der Waals surface area contributed by atoms with Gasteiger partial charge >= 0.3 is 12.2 Å². The van der Waals surface area contributed by atoms with Gasteiger partial charge in [0.2, 0.25) is 5.91 Å². The van der Waals surface area contributed by atoms with Crippen LogP contribution in [0.1, 0.15) is 5.56 Å². The lowest BCUT2D eigenvalue weighted by Crippen LogP contribution is -2.51. The molecule has 27 heavy (non-hydrogen) atoms. The highest BCUT2D eigenvalue weighted by Gasteiger charge is 2.32. The molecular formula is C16H19ClF3N5O2. The van der Waals surface area contributed by atoms with Crippen molar-refractivity contribution in [3.8, 4) is 0 Å². The molecule has 1 aromatic heterocycles. The number of amides is 3. The zero-order valence-corrected chi connectivity index (χ0v) is 15.1. The van der Waals surface area contributed by atoms with E-state index in [1.807, 2.05) is 4.90 Å². The van der Waals surface area contributed by atoms with Crippen molar-refractivity contribution in [2.24, 2.45) is 0 Å². The molecule has 0 unspecified atom stereocenters. The Bertz CT molecular complexity index is 706. The molecule has 148 valence electrons. The molecule has 0 spiro atoms. The number of hydrogen-bond acceptors (Lipinski definition) is 5. The standard InChI is InChI=1S/C16H19ClF3N5O2/c1-2-3-21-15(27)23-13(26)10-24-4-6-25(7-5-24)14-12(17)8-11(9-22-14)16(18,19)20/h2,8-9H,1,3-7,10H2,(H2,21,23,26,27). The van der Waals surface area contributed by atoms with Crippen LogP contribution >= 0.6 is 11.6 Å². The second kappa shape index (κ2) is 9.05. The average Bonchev–Trinajstić information content (AvgIpc) is 2.60. The Hall–Kier alpha value is -2.33. The van der Waals surface area contributed by atoms with Crippen LogP contribution in [0.4, 0.5) is 23.8 Å². The van der Waals surface area contributed by atoms with Gasteiger partial charge in [-0.05, 0) is 6.07 Å². The SMILES string of the molecule is C=CCNC(=O)NC(=O)CN1CCN(c2ncc(C(F)(F)F)cc2Cl)CC1.